The van der Waals surface area contributed by atoms with E-state index in [-0.39, 0.29) is 11.9 Å². The predicted molar refractivity (Wildman–Crippen MR) is 84.0 cm³/mol. The van der Waals surface area contributed by atoms with E-state index in [1.807, 2.05) is 46.9 Å². The van der Waals surface area contributed by atoms with E-state index in [0.29, 0.717) is 12.2 Å². The average Bonchev–Trinajstić information content (AvgIpc) is 3.26. The Kier molecular flexibility index (Phi) is 3.33. The van der Waals surface area contributed by atoms with Gasteiger partial charge in [-0.05, 0) is 37.5 Å². The maximum atomic E-state index is 12.8. The summed E-state index contributed by atoms with van der Waals surface area (Å²) in [6, 6.07) is 4.13. The van der Waals surface area contributed by atoms with Crippen LogP contribution in [-0.2, 0) is 6.54 Å². The molecule has 1 amide bonds. The molecule has 1 aliphatic heterocycles. The first-order valence-electron chi connectivity index (χ1n) is 7.81. The minimum absolute atomic E-state index is 0.00558. The number of hydrogen-bond acceptors (Lipinski definition) is 4. The van der Waals surface area contributed by atoms with Crippen molar-refractivity contribution in [2.24, 2.45) is 0 Å². The third-order valence-corrected chi connectivity index (χ3v) is 4.34. The van der Waals surface area contributed by atoms with Gasteiger partial charge in [0.1, 0.15) is 11.3 Å². The van der Waals surface area contributed by atoms with E-state index in [1.54, 1.807) is 10.9 Å². The summed E-state index contributed by atoms with van der Waals surface area (Å²) in [6.45, 7) is 3.47. The van der Waals surface area contributed by atoms with Crippen molar-refractivity contribution in [2.75, 3.05) is 6.54 Å². The summed E-state index contributed by atoms with van der Waals surface area (Å²) in [5.41, 5.74) is 2.44. The molecule has 4 rings (SSSR count). The molecule has 0 aromatic carbocycles. The van der Waals surface area contributed by atoms with E-state index in [9.17, 15) is 4.79 Å². The van der Waals surface area contributed by atoms with Crippen molar-refractivity contribution in [2.45, 2.75) is 32.4 Å². The molecule has 7 nitrogen and oxygen atoms in total. The first-order chi connectivity index (χ1) is 11.2. The lowest BCUT2D eigenvalue weighted by Crippen LogP contribution is -2.38. The Morgan fingerprint density at radius 1 is 1.39 bits per heavy atom. The molecule has 0 radical (unpaired) electrons. The number of aryl methyl sites for hydroxylation is 1. The van der Waals surface area contributed by atoms with Gasteiger partial charge in [-0.3, -0.25) is 9.48 Å². The number of aromatic nitrogens is 5. The average molecular weight is 310 g/mol. The van der Waals surface area contributed by atoms with Crippen LogP contribution in [0.1, 0.15) is 28.9 Å². The van der Waals surface area contributed by atoms with Gasteiger partial charge >= 0.3 is 0 Å². The predicted octanol–water partition coefficient (Wildman–Crippen LogP) is 1.54. The Morgan fingerprint density at radius 2 is 2.30 bits per heavy atom. The fourth-order valence-electron chi connectivity index (χ4n) is 3.17. The fraction of sp³-hybridized carbons (Fsp3) is 0.375. The van der Waals surface area contributed by atoms with Crippen molar-refractivity contribution in [3.05, 3.63) is 48.2 Å². The topological polar surface area (TPSA) is 68.3 Å². The Labute approximate surface area is 133 Å². The minimum Gasteiger partial charge on any atom is -0.332 e. The van der Waals surface area contributed by atoms with Crippen molar-refractivity contribution < 1.29 is 4.79 Å². The van der Waals surface area contributed by atoms with Gasteiger partial charge in [-0.1, -0.05) is 5.21 Å². The van der Waals surface area contributed by atoms with E-state index >= 15 is 0 Å². The molecular weight excluding hydrogens is 292 g/mol. The van der Waals surface area contributed by atoms with Crippen molar-refractivity contribution in [3.8, 4) is 0 Å². The van der Waals surface area contributed by atoms with Crippen molar-refractivity contribution in [1.29, 1.82) is 0 Å². The molecule has 7 heteroatoms. The Balaban J connectivity index is 1.58. The standard InChI is InChI=1S/C16H18N6O/c1-12-4-7-20-11-14(18-15(20)9-12)16(23)22-6-2-3-13(22)10-21-8-5-17-19-21/h4-5,7-9,11,13H,2-3,6,10H2,1H3/t13-/m0/s1. The van der Waals surface area contributed by atoms with E-state index in [0.717, 1.165) is 30.6 Å². The van der Waals surface area contributed by atoms with Gasteiger partial charge in [-0.25, -0.2) is 4.98 Å². The highest BCUT2D eigenvalue weighted by Gasteiger charge is 2.31. The number of carbonyl (C=O) groups excluding carboxylic acids is 1. The molecule has 1 saturated heterocycles. The van der Waals surface area contributed by atoms with Crippen LogP contribution in [0.3, 0.4) is 0 Å². The van der Waals surface area contributed by atoms with E-state index in [1.165, 1.54) is 0 Å². The maximum absolute atomic E-state index is 12.8. The number of rotatable bonds is 3. The fourth-order valence-corrected chi connectivity index (χ4v) is 3.17. The zero-order valence-corrected chi connectivity index (χ0v) is 13.0. The summed E-state index contributed by atoms with van der Waals surface area (Å²) in [5.74, 6) is -0.00558. The highest BCUT2D eigenvalue weighted by molar-refractivity contribution is 5.93. The highest BCUT2D eigenvalue weighted by atomic mass is 16.2. The second kappa shape index (κ2) is 5.49. The number of pyridine rings is 1. The molecule has 1 fully saturated rings. The van der Waals surface area contributed by atoms with Gasteiger partial charge < -0.3 is 9.30 Å². The lowest BCUT2D eigenvalue weighted by Gasteiger charge is -2.23. The summed E-state index contributed by atoms with van der Waals surface area (Å²) < 4.78 is 3.67. The highest BCUT2D eigenvalue weighted by Crippen LogP contribution is 2.21. The Morgan fingerprint density at radius 3 is 3.13 bits per heavy atom. The number of likely N-dealkylation sites (tertiary alicyclic amines) is 1. The SMILES string of the molecule is Cc1ccn2cc(C(=O)N3CCC[C@H]3Cn3ccnn3)nc2c1. The number of hydrogen-bond donors (Lipinski definition) is 0. The molecule has 118 valence electrons. The van der Waals surface area contributed by atoms with Gasteiger partial charge in [0.05, 0.1) is 18.8 Å². The number of carbonyl (C=O) groups is 1. The third kappa shape index (κ3) is 2.58. The van der Waals surface area contributed by atoms with Gasteiger partial charge in [-0.2, -0.15) is 0 Å². The van der Waals surface area contributed by atoms with Crippen LogP contribution in [0, 0.1) is 6.92 Å². The Hall–Kier alpha value is -2.70. The first-order valence-corrected chi connectivity index (χ1v) is 7.81. The summed E-state index contributed by atoms with van der Waals surface area (Å²) in [7, 11) is 0. The van der Waals surface area contributed by atoms with Crippen LogP contribution in [0.2, 0.25) is 0 Å². The van der Waals surface area contributed by atoms with Crippen LogP contribution in [0.15, 0.2) is 36.9 Å². The third-order valence-electron chi connectivity index (χ3n) is 4.34. The number of amides is 1. The van der Waals surface area contributed by atoms with Crippen molar-refractivity contribution in [3.63, 3.8) is 0 Å². The van der Waals surface area contributed by atoms with Crippen LogP contribution in [0.4, 0.5) is 0 Å². The van der Waals surface area contributed by atoms with Crippen LogP contribution in [-0.4, -0.2) is 47.8 Å². The van der Waals surface area contributed by atoms with Crippen LogP contribution in [0.25, 0.3) is 5.65 Å². The molecular formula is C16H18N6O. The quantitative estimate of drug-likeness (QED) is 0.736. The summed E-state index contributed by atoms with van der Waals surface area (Å²) in [4.78, 5) is 19.2. The van der Waals surface area contributed by atoms with Crippen molar-refractivity contribution >= 4 is 11.6 Å². The molecule has 3 aromatic heterocycles. The monoisotopic (exact) mass is 310 g/mol. The Bertz CT molecular complexity index is 838. The van der Waals surface area contributed by atoms with Gasteiger partial charge in [0, 0.05) is 25.1 Å². The van der Waals surface area contributed by atoms with Crippen molar-refractivity contribution in [1.82, 2.24) is 29.3 Å². The second-order valence-corrected chi connectivity index (χ2v) is 6.02. The molecule has 23 heavy (non-hydrogen) atoms. The number of nitrogens with zero attached hydrogens (tertiary/aromatic N) is 6. The lowest BCUT2D eigenvalue weighted by atomic mass is 10.2. The van der Waals surface area contributed by atoms with Gasteiger partial charge in [0.25, 0.3) is 5.91 Å². The molecule has 0 saturated carbocycles. The summed E-state index contributed by atoms with van der Waals surface area (Å²) in [5, 5.41) is 7.82. The van der Waals surface area contributed by atoms with E-state index in [4.69, 9.17) is 0 Å². The summed E-state index contributed by atoms with van der Waals surface area (Å²) >= 11 is 0. The molecule has 4 heterocycles. The zero-order valence-electron chi connectivity index (χ0n) is 13.0. The molecule has 0 aliphatic carbocycles. The van der Waals surface area contributed by atoms with Gasteiger partial charge in [-0.15, -0.1) is 5.10 Å². The van der Waals surface area contributed by atoms with Gasteiger partial charge in [0.2, 0.25) is 0 Å². The second-order valence-electron chi connectivity index (χ2n) is 6.02. The van der Waals surface area contributed by atoms with Gasteiger partial charge in [0.15, 0.2) is 0 Å². The van der Waals surface area contributed by atoms with Crippen LogP contribution >= 0.6 is 0 Å². The minimum atomic E-state index is -0.00558. The largest absolute Gasteiger partial charge is 0.332 e. The molecule has 0 spiro atoms. The molecule has 1 aliphatic rings. The zero-order chi connectivity index (χ0) is 15.8. The normalized spacial score (nSPS) is 18.0. The lowest BCUT2D eigenvalue weighted by molar-refractivity contribution is 0.0716. The molecule has 0 N–H and O–H groups in total. The number of imidazole rings is 1. The maximum Gasteiger partial charge on any atom is 0.274 e. The van der Waals surface area contributed by atoms with E-state index < -0.39 is 0 Å². The summed E-state index contributed by atoms with van der Waals surface area (Å²) in [6.07, 6.45) is 9.23. The smallest absolute Gasteiger partial charge is 0.274 e. The first kappa shape index (κ1) is 13.9. The molecule has 0 unspecified atom stereocenters. The van der Waals surface area contributed by atoms with Crippen LogP contribution < -0.4 is 0 Å². The van der Waals surface area contributed by atoms with Crippen LogP contribution in [0.5, 0.6) is 0 Å². The van der Waals surface area contributed by atoms with E-state index in [2.05, 4.69) is 15.3 Å². The molecule has 0 bridgehead atoms. The number of fused-ring (bicyclic) bond motifs is 1. The molecule has 1 atom stereocenters. The molecule has 3 aromatic rings.